The molecule has 0 atom stereocenters. The molecule has 2 heterocycles. The van der Waals surface area contributed by atoms with Gasteiger partial charge in [0.05, 0.1) is 0 Å². The van der Waals surface area contributed by atoms with Crippen LogP contribution >= 0.6 is 0 Å². The van der Waals surface area contributed by atoms with Crippen molar-refractivity contribution >= 4 is 0 Å². The minimum absolute atomic E-state index is 0.225. The summed E-state index contributed by atoms with van der Waals surface area (Å²) in [6.45, 7) is 3.83. The van der Waals surface area contributed by atoms with Gasteiger partial charge in [-0.05, 0) is 40.4 Å². The van der Waals surface area contributed by atoms with E-state index in [-0.39, 0.29) is 16.9 Å². The SMILES string of the molecule is CN(C)C(C)(C)Cc1c(-c2noc(C(F)(F)F)n2)cc[nH]c1=O. The topological polar surface area (TPSA) is 75.0 Å². The van der Waals surface area contributed by atoms with Crippen molar-refractivity contribution in [2.45, 2.75) is 32.0 Å². The van der Waals surface area contributed by atoms with Crippen LogP contribution in [0.3, 0.4) is 0 Å². The molecule has 6 nitrogen and oxygen atoms in total. The van der Waals surface area contributed by atoms with Gasteiger partial charge >= 0.3 is 12.1 Å². The Labute approximate surface area is 130 Å². The van der Waals surface area contributed by atoms with Gasteiger partial charge in [0.15, 0.2) is 0 Å². The number of nitrogens with zero attached hydrogens (tertiary/aromatic N) is 3. The number of aromatic nitrogens is 3. The van der Waals surface area contributed by atoms with E-state index in [1.165, 1.54) is 12.3 Å². The van der Waals surface area contributed by atoms with Gasteiger partial charge in [0.25, 0.3) is 5.56 Å². The van der Waals surface area contributed by atoms with Crippen LogP contribution in [0.15, 0.2) is 21.6 Å². The van der Waals surface area contributed by atoms with E-state index in [0.29, 0.717) is 12.0 Å². The summed E-state index contributed by atoms with van der Waals surface area (Å²) >= 11 is 0. The molecule has 0 aliphatic heterocycles. The molecule has 2 aromatic heterocycles. The number of H-pyrrole nitrogens is 1. The van der Waals surface area contributed by atoms with Crippen LogP contribution < -0.4 is 5.56 Å². The Morgan fingerprint density at radius 1 is 1.30 bits per heavy atom. The van der Waals surface area contributed by atoms with Crippen molar-refractivity contribution in [2.75, 3.05) is 14.1 Å². The standard InChI is InChI=1S/C14H17F3N4O2/c1-13(2,21(3)4)7-9-8(5-6-18-11(9)22)10-19-12(23-20-10)14(15,16)17/h5-6H,7H2,1-4H3,(H,18,22). The molecule has 0 radical (unpaired) electrons. The number of hydrogen-bond acceptors (Lipinski definition) is 5. The van der Waals surface area contributed by atoms with Crippen LogP contribution in [0.2, 0.25) is 0 Å². The number of halogens is 3. The zero-order valence-electron chi connectivity index (χ0n) is 13.2. The zero-order valence-corrected chi connectivity index (χ0v) is 13.2. The molecule has 0 spiro atoms. The van der Waals surface area contributed by atoms with E-state index in [0.717, 1.165) is 0 Å². The summed E-state index contributed by atoms with van der Waals surface area (Å²) in [7, 11) is 3.71. The Hall–Kier alpha value is -2.16. The molecule has 126 valence electrons. The Kier molecular flexibility index (Phi) is 4.34. The van der Waals surface area contributed by atoms with Crippen LogP contribution in [0, 0.1) is 0 Å². The maximum absolute atomic E-state index is 12.6. The summed E-state index contributed by atoms with van der Waals surface area (Å²) in [6, 6.07) is 1.47. The molecule has 2 rings (SSSR count). The van der Waals surface area contributed by atoms with Gasteiger partial charge in [-0.2, -0.15) is 18.2 Å². The second-order valence-corrected chi connectivity index (χ2v) is 6.00. The number of hydrogen-bond donors (Lipinski definition) is 1. The van der Waals surface area contributed by atoms with Gasteiger partial charge in [-0.15, -0.1) is 0 Å². The molecule has 23 heavy (non-hydrogen) atoms. The van der Waals surface area contributed by atoms with Gasteiger partial charge in [0.2, 0.25) is 5.82 Å². The number of rotatable bonds is 4. The number of alkyl halides is 3. The third kappa shape index (κ3) is 3.61. The first-order chi connectivity index (χ1) is 10.5. The molecule has 9 heteroatoms. The van der Waals surface area contributed by atoms with Gasteiger partial charge in [-0.25, -0.2) is 0 Å². The first-order valence-electron chi connectivity index (χ1n) is 6.81. The minimum atomic E-state index is -4.73. The van der Waals surface area contributed by atoms with Crippen LogP contribution in [0.4, 0.5) is 13.2 Å². The van der Waals surface area contributed by atoms with E-state index in [1.807, 2.05) is 32.8 Å². The Balaban J connectivity index is 2.50. The number of likely N-dealkylation sites (N-methyl/N-ethyl adjacent to an activating group) is 1. The molecule has 0 aromatic carbocycles. The van der Waals surface area contributed by atoms with E-state index in [2.05, 4.69) is 19.6 Å². The van der Waals surface area contributed by atoms with Gasteiger partial charge in [-0.1, -0.05) is 5.16 Å². The highest BCUT2D eigenvalue weighted by Gasteiger charge is 2.39. The fourth-order valence-corrected chi connectivity index (χ4v) is 1.93. The van der Waals surface area contributed by atoms with Crippen LogP contribution in [0.1, 0.15) is 25.3 Å². The molecule has 0 saturated carbocycles. The van der Waals surface area contributed by atoms with Crippen molar-refractivity contribution in [2.24, 2.45) is 0 Å². The summed E-state index contributed by atoms with van der Waals surface area (Å²) in [5, 5.41) is 3.36. The van der Waals surface area contributed by atoms with E-state index >= 15 is 0 Å². The Morgan fingerprint density at radius 3 is 2.48 bits per heavy atom. The van der Waals surface area contributed by atoms with Gasteiger partial charge in [0, 0.05) is 22.9 Å². The summed E-state index contributed by atoms with van der Waals surface area (Å²) in [4.78, 5) is 19.9. The lowest BCUT2D eigenvalue weighted by Gasteiger charge is -2.32. The zero-order chi connectivity index (χ0) is 17.4. The van der Waals surface area contributed by atoms with Gasteiger partial charge in [0.1, 0.15) is 0 Å². The molecule has 0 fully saturated rings. The summed E-state index contributed by atoms with van der Waals surface area (Å²) in [6.07, 6.45) is -3.08. The van der Waals surface area contributed by atoms with Gasteiger partial charge < -0.3 is 14.4 Å². The monoisotopic (exact) mass is 330 g/mol. The fourth-order valence-electron chi connectivity index (χ4n) is 1.93. The van der Waals surface area contributed by atoms with Gasteiger partial charge in [-0.3, -0.25) is 4.79 Å². The first-order valence-corrected chi connectivity index (χ1v) is 6.81. The summed E-state index contributed by atoms with van der Waals surface area (Å²) in [5.74, 6) is -1.70. The smallest absolute Gasteiger partial charge is 0.329 e. The normalized spacial score (nSPS) is 12.9. The van der Waals surface area contributed by atoms with Crippen molar-refractivity contribution in [1.82, 2.24) is 20.0 Å². The maximum Gasteiger partial charge on any atom is 0.471 e. The average molecular weight is 330 g/mol. The molecule has 2 aromatic rings. The lowest BCUT2D eigenvalue weighted by atomic mass is 9.92. The largest absolute Gasteiger partial charge is 0.471 e. The van der Waals surface area contributed by atoms with E-state index in [1.54, 1.807) is 0 Å². The van der Waals surface area contributed by atoms with Crippen molar-refractivity contribution in [1.29, 1.82) is 0 Å². The quantitative estimate of drug-likeness (QED) is 0.931. The van der Waals surface area contributed by atoms with Crippen molar-refractivity contribution in [3.8, 4) is 11.4 Å². The molecule has 0 saturated heterocycles. The maximum atomic E-state index is 12.6. The number of pyridine rings is 1. The molecule has 1 N–H and O–H groups in total. The average Bonchev–Trinajstić information content (AvgIpc) is 2.90. The molecule has 0 aliphatic rings. The Bertz CT molecular complexity index is 747. The highest BCUT2D eigenvalue weighted by Crippen LogP contribution is 2.30. The van der Waals surface area contributed by atoms with Crippen LogP contribution in [0.25, 0.3) is 11.4 Å². The second kappa shape index (κ2) is 5.80. The molecular weight excluding hydrogens is 313 g/mol. The lowest BCUT2D eigenvalue weighted by Crippen LogP contribution is -2.41. The highest BCUT2D eigenvalue weighted by atomic mass is 19.4. The van der Waals surface area contributed by atoms with E-state index in [4.69, 9.17) is 0 Å². The predicted molar refractivity (Wildman–Crippen MR) is 76.8 cm³/mol. The van der Waals surface area contributed by atoms with Crippen LogP contribution in [-0.4, -0.2) is 39.7 Å². The van der Waals surface area contributed by atoms with Crippen molar-refractivity contribution < 1.29 is 17.7 Å². The fraction of sp³-hybridized carbons (Fsp3) is 0.500. The van der Waals surface area contributed by atoms with Crippen LogP contribution in [0.5, 0.6) is 0 Å². The number of nitrogens with one attached hydrogen (secondary N) is 1. The predicted octanol–water partition coefficient (Wildman–Crippen LogP) is 2.33. The molecular formula is C14H17F3N4O2. The Morgan fingerprint density at radius 2 is 1.96 bits per heavy atom. The number of aromatic amines is 1. The lowest BCUT2D eigenvalue weighted by molar-refractivity contribution is -0.159. The van der Waals surface area contributed by atoms with E-state index < -0.39 is 17.6 Å². The summed E-state index contributed by atoms with van der Waals surface area (Å²) in [5.41, 5.74) is -0.251. The molecule has 0 amide bonds. The first kappa shape index (κ1) is 17.2. The molecule has 0 bridgehead atoms. The molecule has 0 aliphatic carbocycles. The highest BCUT2D eigenvalue weighted by molar-refractivity contribution is 5.59. The minimum Gasteiger partial charge on any atom is -0.329 e. The second-order valence-electron chi connectivity index (χ2n) is 6.00. The van der Waals surface area contributed by atoms with Crippen molar-refractivity contribution in [3.05, 3.63) is 34.1 Å². The third-order valence-electron chi connectivity index (χ3n) is 3.79. The molecule has 0 unspecified atom stereocenters. The summed E-state index contributed by atoms with van der Waals surface area (Å²) < 4.78 is 42.1. The third-order valence-corrected chi connectivity index (χ3v) is 3.79. The van der Waals surface area contributed by atoms with E-state index in [9.17, 15) is 18.0 Å². The van der Waals surface area contributed by atoms with Crippen molar-refractivity contribution in [3.63, 3.8) is 0 Å². The van der Waals surface area contributed by atoms with Crippen LogP contribution in [-0.2, 0) is 12.6 Å².